The van der Waals surface area contributed by atoms with E-state index in [9.17, 15) is 0 Å². The molecule has 6 nitrogen and oxygen atoms in total. The molecular weight excluding hydrogens is 280 g/mol. The molecule has 0 amide bonds. The third-order valence-corrected chi connectivity index (χ3v) is 4.71. The number of nitrogens with zero attached hydrogens (tertiary/aromatic N) is 3. The fourth-order valence-electron chi connectivity index (χ4n) is 3.42. The van der Waals surface area contributed by atoms with Crippen molar-refractivity contribution in [2.45, 2.75) is 25.3 Å². The van der Waals surface area contributed by atoms with Crippen LogP contribution in [0.4, 0.5) is 0 Å². The summed E-state index contributed by atoms with van der Waals surface area (Å²) in [7, 11) is 5.75. The largest absolute Gasteiger partial charge is 0.383 e. The summed E-state index contributed by atoms with van der Waals surface area (Å²) in [5.74, 6) is 1.62. The molecule has 2 aliphatic heterocycles. The Kier molecular flexibility index (Phi) is 7.42. The van der Waals surface area contributed by atoms with Crippen molar-refractivity contribution in [2.75, 3.05) is 67.2 Å². The van der Waals surface area contributed by atoms with Crippen LogP contribution in [0.15, 0.2) is 4.99 Å². The van der Waals surface area contributed by atoms with Gasteiger partial charge in [0.05, 0.1) is 13.2 Å². The molecule has 22 heavy (non-hydrogen) atoms. The van der Waals surface area contributed by atoms with Crippen LogP contribution in [0.2, 0.25) is 0 Å². The number of hydrogen-bond donors (Lipinski definition) is 1. The molecule has 2 aliphatic rings. The zero-order valence-corrected chi connectivity index (χ0v) is 14.4. The molecule has 2 heterocycles. The molecule has 2 fully saturated rings. The molecule has 0 aromatic heterocycles. The first-order valence-corrected chi connectivity index (χ1v) is 8.47. The molecule has 0 aromatic carbocycles. The van der Waals surface area contributed by atoms with Gasteiger partial charge in [0, 0.05) is 59.4 Å². The molecule has 0 aromatic rings. The maximum absolute atomic E-state index is 5.46. The second-order valence-electron chi connectivity index (χ2n) is 6.36. The lowest BCUT2D eigenvalue weighted by molar-refractivity contribution is 0.141. The van der Waals surface area contributed by atoms with Crippen LogP contribution < -0.4 is 5.32 Å². The Bertz CT molecular complexity index is 345. The molecule has 0 radical (unpaired) electrons. The van der Waals surface area contributed by atoms with Crippen LogP contribution in [-0.4, -0.2) is 89.0 Å². The number of guanidine groups is 1. The minimum atomic E-state index is 0.593. The topological polar surface area (TPSA) is 49.3 Å². The second kappa shape index (κ2) is 9.33. The van der Waals surface area contributed by atoms with E-state index in [2.05, 4.69) is 27.2 Å². The van der Waals surface area contributed by atoms with Crippen LogP contribution in [0.3, 0.4) is 0 Å². The predicted molar refractivity (Wildman–Crippen MR) is 89.4 cm³/mol. The standard InChI is InChI=1S/C16H32N4O2/c1-17-16(19(2)12-14-6-9-22-13-14)18-11-15-5-4-7-20(15)8-10-21-3/h14-15H,4-13H2,1-3H3,(H,17,18). The molecule has 0 saturated carbocycles. The van der Waals surface area contributed by atoms with E-state index in [1.54, 1.807) is 7.11 Å². The monoisotopic (exact) mass is 312 g/mol. The lowest BCUT2D eigenvalue weighted by atomic mass is 10.1. The van der Waals surface area contributed by atoms with E-state index < -0.39 is 0 Å². The second-order valence-corrected chi connectivity index (χ2v) is 6.36. The van der Waals surface area contributed by atoms with E-state index in [0.717, 1.165) is 51.8 Å². The maximum atomic E-state index is 5.46. The van der Waals surface area contributed by atoms with Crippen molar-refractivity contribution in [3.05, 3.63) is 0 Å². The lowest BCUT2D eigenvalue weighted by Gasteiger charge is -2.28. The van der Waals surface area contributed by atoms with E-state index in [0.29, 0.717) is 12.0 Å². The zero-order valence-electron chi connectivity index (χ0n) is 14.4. The smallest absolute Gasteiger partial charge is 0.193 e. The molecule has 0 spiro atoms. The van der Waals surface area contributed by atoms with Crippen LogP contribution >= 0.6 is 0 Å². The minimum Gasteiger partial charge on any atom is -0.383 e. The highest BCUT2D eigenvalue weighted by Gasteiger charge is 2.25. The van der Waals surface area contributed by atoms with Crippen LogP contribution in [-0.2, 0) is 9.47 Å². The summed E-state index contributed by atoms with van der Waals surface area (Å²) < 4.78 is 10.7. The van der Waals surface area contributed by atoms with Crippen molar-refractivity contribution in [3.8, 4) is 0 Å². The quantitative estimate of drug-likeness (QED) is 0.552. The van der Waals surface area contributed by atoms with Gasteiger partial charge in [-0.25, -0.2) is 0 Å². The van der Waals surface area contributed by atoms with E-state index in [1.165, 1.54) is 19.4 Å². The van der Waals surface area contributed by atoms with Gasteiger partial charge in [0.25, 0.3) is 0 Å². The third kappa shape index (κ3) is 5.11. The summed E-state index contributed by atoms with van der Waals surface area (Å²) >= 11 is 0. The van der Waals surface area contributed by atoms with Gasteiger partial charge in [0.2, 0.25) is 0 Å². The predicted octanol–water partition coefficient (Wildman–Crippen LogP) is 0.641. The first kappa shape index (κ1) is 17.5. The number of ether oxygens (including phenoxy) is 2. The van der Waals surface area contributed by atoms with Crippen LogP contribution in [0.25, 0.3) is 0 Å². The van der Waals surface area contributed by atoms with Gasteiger partial charge in [-0.2, -0.15) is 0 Å². The maximum Gasteiger partial charge on any atom is 0.193 e. The highest BCUT2D eigenvalue weighted by atomic mass is 16.5. The summed E-state index contributed by atoms with van der Waals surface area (Å²) in [5, 5.41) is 3.54. The Labute approximate surface area is 134 Å². The molecule has 0 aliphatic carbocycles. The molecular formula is C16H32N4O2. The van der Waals surface area contributed by atoms with Crippen molar-refractivity contribution in [1.82, 2.24) is 15.1 Å². The van der Waals surface area contributed by atoms with Crippen molar-refractivity contribution >= 4 is 5.96 Å². The average molecular weight is 312 g/mol. The van der Waals surface area contributed by atoms with Gasteiger partial charge in [-0.1, -0.05) is 0 Å². The fraction of sp³-hybridized carbons (Fsp3) is 0.938. The average Bonchev–Trinajstić information content (AvgIpc) is 3.17. The zero-order chi connectivity index (χ0) is 15.8. The Morgan fingerprint density at radius 3 is 3.00 bits per heavy atom. The van der Waals surface area contributed by atoms with Gasteiger partial charge in [0.1, 0.15) is 0 Å². The van der Waals surface area contributed by atoms with Gasteiger partial charge in [-0.05, 0) is 25.8 Å². The summed E-state index contributed by atoms with van der Waals surface area (Å²) in [4.78, 5) is 9.18. The Morgan fingerprint density at radius 2 is 2.32 bits per heavy atom. The van der Waals surface area contributed by atoms with Crippen LogP contribution in [0, 0.1) is 5.92 Å². The Morgan fingerprint density at radius 1 is 1.45 bits per heavy atom. The molecule has 6 heteroatoms. The molecule has 2 unspecified atom stereocenters. The van der Waals surface area contributed by atoms with E-state index in [4.69, 9.17) is 9.47 Å². The summed E-state index contributed by atoms with van der Waals surface area (Å²) in [5.41, 5.74) is 0. The molecule has 2 rings (SSSR count). The SMILES string of the molecule is CN=C(NCC1CCCN1CCOC)N(C)CC1CCOC1. The fourth-order valence-corrected chi connectivity index (χ4v) is 3.42. The molecule has 0 bridgehead atoms. The van der Waals surface area contributed by atoms with Crippen LogP contribution in [0.5, 0.6) is 0 Å². The Balaban J connectivity index is 1.75. The number of rotatable bonds is 7. The van der Waals surface area contributed by atoms with Crippen molar-refractivity contribution in [2.24, 2.45) is 10.9 Å². The van der Waals surface area contributed by atoms with Crippen molar-refractivity contribution in [1.29, 1.82) is 0 Å². The number of nitrogens with one attached hydrogen (secondary N) is 1. The van der Waals surface area contributed by atoms with E-state index >= 15 is 0 Å². The van der Waals surface area contributed by atoms with Crippen LogP contribution in [0.1, 0.15) is 19.3 Å². The minimum absolute atomic E-state index is 0.593. The summed E-state index contributed by atoms with van der Waals surface area (Å²) in [6.45, 7) is 6.78. The van der Waals surface area contributed by atoms with Gasteiger partial charge in [-0.15, -0.1) is 0 Å². The van der Waals surface area contributed by atoms with Crippen molar-refractivity contribution < 1.29 is 9.47 Å². The van der Waals surface area contributed by atoms with E-state index in [-0.39, 0.29) is 0 Å². The number of aliphatic imine (C=N–C) groups is 1. The van der Waals surface area contributed by atoms with Crippen molar-refractivity contribution in [3.63, 3.8) is 0 Å². The summed E-state index contributed by atoms with van der Waals surface area (Å²) in [6, 6.07) is 0.593. The summed E-state index contributed by atoms with van der Waals surface area (Å²) in [6.07, 6.45) is 3.70. The van der Waals surface area contributed by atoms with Gasteiger partial charge in [-0.3, -0.25) is 9.89 Å². The van der Waals surface area contributed by atoms with E-state index in [1.807, 2.05) is 7.05 Å². The normalized spacial score (nSPS) is 26.6. The van der Waals surface area contributed by atoms with Gasteiger partial charge >= 0.3 is 0 Å². The molecule has 128 valence electrons. The first-order valence-electron chi connectivity index (χ1n) is 8.47. The molecule has 2 saturated heterocycles. The highest BCUT2D eigenvalue weighted by Crippen LogP contribution is 2.16. The lowest BCUT2D eigenvalue weighted by Crippen LogP contribution is -2.47. The van der Waals surface area contributed by atoms with Gasteiger partial charge in [0.15, 0.2) is 5.96 Å². The number of methoxy groups -OCH3 is 1. The Hall–Kier alpha value is -0.850. The molecule has 2 atom stereocenters. The number of hydrogen-bond acceptors (Lipinski definition) is 4. The molecule has 1 N–H and O–H groups in total. The van der Waals surface area contributed by atoms with Gasteiger partial charge < -0.3 is 19.7 Å². The first-order chi connectivity index (χ1) is 10.7. The highest BCUT2D eigenvalue weighted by molar-refractivity contribution is 5.79. The number of likely N-dealkylation sites (tertiary alicyclic amines) is 1. The third-order valence-electron chi connectivity index (χ3n) is 4.71.